The molecular formula is C25H27N3O5. The summed E-state index contributed by atoms with van der Waals surface area (Å²) in [6.07, 6.45) is 0. The largest absolute Gasteiger partial charge is 0.507 e. The van der Waals surface area contributed by atoms with E-state index in [2.05, 4.69) is 0 Å². The number of ether oxygens (including phenoxy) is 1. The van der Waals surface area contributed by atoms with Crippen LogP contribution in [0.4, 0.5) is 5.69 Å². The van der Waals surface area contributed by atoms with Crippen molar-refractivity contribution in [3.8, 4) is 5.75 Å². The molecule has 2 heterocycles. The maximum absolute atomic E-state index is 14.0. The van der Waals surface area contributed by atoms with Crippen LogP contribution in [0.5, 0.6) is 5.75 Å². The number of hydrogen-bond donors (Lipinski definition) is 1. The van der Waals surface area contributed by atoms with Crippen molar-refractivity contribution in [3.63, 3.8) is 0 Å². The molecule has 1 N–H and O–H groups in total. The molecule has 1 spiro atoms. The Morgan fingerprint density at radius 1 is 1.06 bits per heavy atom. The molecule has 2 aliphatic rings. The van der Waals surface area contributed by atoms with Crippen molar-refractivity contribution in [2.24, 2.45) is 0 Å². The third kappa shape index (κ3) is 3.21. The van der Waals surface area contributed by atoms with Gasteiger partial charge < -0.3 is 24.5 Å². The number of Topliss-reactive ketones (excluding diaryl/α,β-unsaturated/α-hetero) is 1. The van der Waals surface area contributed by atoms with E-state index in [1.807, 2.05) is 32.0 Å². The minimum absolute atomic E-state index is 0.147. The number of aliphatic hydroxyl groups excluding tert-OH is 1. The number of nitrogens with zero attached hydrogens (tertiary/aromatic N) is 3. The van der Waals surface area contributed by atoms with Gasteiger partial charge in [-0.25, -0.2) is 0 Å². The quantitative estimate of drug-likeness (QED) is 0.413. The van der Waals surface area contributed by atoms with E-state index < -0.39 is 23.1 Å². The molecule has 4 rings (SSSR count). The van der Waals surface area contributed by atoms with Gasteiger partial charge >= 0.3 is 0 Å². The Balaban J connectivity index is 2.02. The summed E-state index contributed by atoms with van der Waals surface area (Å²) < 4.78 is 5.18. The molecule has 8 nitrogen and oxygen atoms in total. The van der Waals surface area contributed by atoms with Gasteiger partial charge in [-0.05, 0) is 51.4 Å². The van der Waals surface area contributed by atoms with Gasteiger partial charge in [0.05, 0.1) is 18.4 Å². The second-order valence-corrected chi connectivity index (χ2v) is 8.32. The normalized spacial score (nSPS) is 21.4. The number of carbonyl (C=O) groups is 3. The van der Waals surface area contributed by atoms with Crippen LogP contribution in [0.2, 0.25) is 0 Å². The van der Waals surface area contributed by atoms with E-state index in [-0.39, 0.29) is 17.9 Å². The summed E-state index contributed by atoms with van der Waals surface area (Å²) in [5.41, 5.74) is -0.459. The Labute approximate surface area is 192 Å². The average Bonchev–Trinajstić information content (AvgIpc) is 3.20. The number of likely N-dealkylation sites (N-methyl/N-ethyl adjacent to an activating group) is 2. The molecule has 0 aliphatic carbocycles. The van der Waals surface area contributed by atoms with E-state index in [1.165, 1.54) is 12.0 Å². The molecule has 0 saturated carbocycles. The SMILES string of the molecule is CCN1C(=O)C2(/C(=C(\O)c3ccc(OC)cc3)C(=O)C(=O)N2CCN(C)C)c2ccccc21. The summed E-state index contributed by atoms with van der Waals surface area (Å²) in [5, 5.41) is 11.4. The first-order valence-electron chi connectivity index (χ1n) is 10.8. The zero-order chi connectivity index (χ0) is 23.9. The van der Waals surface area contributed by atoms with Gasteiger partial charge in [0.2, 0.25) is 0 Å². The zero-order valence-corrected chi connectivity index (χ0v) is 19.2. The number of methoxy groups -OCH3 is 1. The van der Waals surface area contributed by atoms with Crippen LogP contribution in [-0.4, -0.2) is 73.3 Å². The first kappa shape index (κ1) is 22.5. The molecule has 33 heavy (non-hydrogen) atoms. The summed E-state index contributed by atoms with van der Waals surface area (Å²) in [4.78, 5) is 45.5. The average molecular weight is 450 g/mol. The van der Waals surface area contributed by atoms with Crippen LogP contribution >= 0.6 is 0 Å². The number of carbonyl (C=O) groups excluding carboxylic acids is 3. The second kappa shape index (κ2) is 8.37. The Morgan fingerprint density at radius 3 is 2.33 bits per heavy atom. The summed E-state index contributed by atoms with van der Waals surface area (Å²) in [6.45, 7) is 2.79. The molecule has 1 unspecified atom stereocenters. The fourth-order valence-electron chi connectivity index (χ4n) is 4.67. The standard InChI is InChI=1S/C25H27N3O5/c1-5-27-19-9-7-6-8-18(19)25(24(27)32)20(21(29)16-10-12-17(33-4)13-11-16)22(30)23(31)28(25)15-14-26(2)3/h6-13,29H,5,14-15H2,1-4H3/b21-20-. The van der Waals surface area contributed by atoms with Gasteiger partial charge in [-0.3, -0.25) is 14.4 Å². The lowest BCUT2D eigenvalue weighted by Gasteiger charge is -2.35. The summed E-state index contributed by atoms with van der Waals surface area (Å²) in [6, 6.07) is 13.6. The Kier molecular flexibility index (Phi) is 5.71. The predicted molar refractivity (Wildman–Crippen MR) is 124 cm³/mol. The van der Waals surface area contributed by atoms with Gasteiger partial charge in [-0.1, -0.05) is 18.2 Å². The van der Waals surface area contributed by atoms with Crippen molar-refractivity contribution in [2.45, 2.75) is 12.5 Å². The molecule has 2 aromatic rings. The van der Waals surface area contributed by atoms with Gasteiger partial charge in [0.15, 0.2) is 5.54 Å². The number of aliphatic hydroxyl groups is 1. The summed E-state index contributed by atoms with van der Waals surface area (Å²) in [7, 11) is 5.23. The van der Waals surface area contributed by atoms with E-state index in [0.717, 1.165) is 0 Å². The fourth-order valence-corrected chi connectivity index (χ4v) is 4.67. The molecule has 1 atom stereocenters. The van der Waals surface area contributed by atoms with Crippen LogP contribution < -0.4 is 9.64 Å². The summed E-state index contributed by atoms with van der Waals surface area (Å²) >= 11 is 0. The van der Waals surface area contributed by atoms with Crippen molar-refractivity contribution in [1.82, 2.24) is 9.80 Å². The highest BCUT2D eigenvalue weighted by Gasteiger charge is 2.66. The molecule has 2 amide bonds. The van der Waals surface area contributed by atoms with E-state index >= 15 is 0 Å². The highest BCUT2D eigenvalue weighted by atomic mass is 16.5. The number of likely N-dealkylation sites (tertiary alicyclic amines) is 1. The lowest BCUT2D eigenvalue weighted by molar-refractivity contribution is -0.143. The van der Waals surface area contributed by atoms with Crippen LogP contribution in [-0.2, 0) is 19.9 Å². The number of benzene rings is 2. The Bertz CT molecular complexity index is 1150. The van der Waals surface area contributed by atoms with Crippen molar-refractivity contribution >= 4 is 29.0 Å². The monoisotopic (exact) mass is 449 g/mol. The Hall–Kier alpha value is -3.65. The van der Waals surface area contributed by atoms with Crippen LogP contribution in [0.1, 0.15) is 18.1 Å². The van der Waals surface area contributed by atoms with Crippen molar-refractivity contribution in [3.05, 3.63) is 65.2 Å². The van der Waals surface area contributed by atoms with Crippen molar-refractivity contribution in [2.75, 3.05) is 45.7 Å². The maximum atomic E-state index is 14.0. The van der Waals surface area contributed by atoms with Gasteiger partial charge in [0.1, 0.15) is 11.5 Å². The topological polar surface area (TPSA) is 90.4 Å². The third-order valence-corrected chi connectivity index (χ3v) is 6.26. The third-order valence-electron chi connectivity index (χ3n) is 6.26. The van der Waals surface area contributed by atoms with Crippen LogP contribution in [0.25, 0.3) is 5.76 Å². The smallest absolute Gasteiger partial charge is 0.296 e. The molecule has 172 valence electrons. The number of anilines is 1. The second-order valence-electron chi connectivity index (χ2n) is 8.32. The van der Waals surface area contributed by atoms with Crippen LogP contribution in [0.3, 0.4) is 0 Å². The van der Waals surface area contributed by atoms with E-state index in [9.17, 15) is 19.5 Å². The minimum atomic E-state index is -1.72. The molecule has 0 radical (unpaired) electrons. The number of para-hydroxylation sites is 1. The van der Waals surface area contributed by atoms with Crippen LogP contribution in [0, 0.1) is 0 Å². The predicted octanol–water partition coefficient (Wildman–Crippen LogP) is 2.20. The highest BCUT2D eigenvalue weighted by Crippen LogP contribution is 2.53. The first-order valence-corrected chi connectivity index (χ1v) is 10.8. The lowest BCUT2D eigenvalue weighted by atomic mass is 9.82. The zero-order valence-electron chi connectivity index (χ0n) is 19.2. The highest BCUT2D eigenvalue weighted by molar-refractivity contribution is 6.50. The molecular weight excluding hydrogens is 422 g/mol. The van der Waals surface area contributed by atoms with E-state index in [1.54, 1.807) is 47.4 Å². The van der Waals surface area contributed by atoms with Gasteiger partial charge in [0, 0.05) is 30.8 Å². The number of hydrogen-bond acceptors (Lipinski definition) is 6. The van der Waals surface area contributed by atoms with Crippen LogP contribution in [0.15, 0.2) is 54.1 Å². The van der Waals surface area contributed by atoms with Gasteiger partial charge in [-0.2, -0.15) is 0 Å². The molecule has 2 aliphatic heterocycles. The van der Waals surface area contributed by atoms with Crippen molar-refractivity contribution in [1.29, 1.82) is 0 Å². The van der Waals surface area contributed by atoms with Gasteiger partial charge in [0.25, 0.3) is 17.6 Å². The minimum Gasteiger partial charge on any atom is -0.507 e. The number of ketones is 1. The molecule has 8 heteroatoms. The molecule has 2 aromatic carbocycles. The molecule has 0 aromatic heterocycles. The molecule has 1 saturated heterocycles. The molecule has 0 bridgehead atoms. The van der Waals surface area contributed by atoms with Crippen molar-refractivity contribution < 1.29 is 24.2 Å². The molecule has 1 fully saturated rings. The van der Waals surface area contributed by atoms with E-state index in [0.29, 0.717) is 35.7 Å². The Morgan fingerprint density at radius 2 is 1.73 bits per heavy atom. The number of fused-ring (bicyclic) bond motifs is 2. The first-order chi connectivity index (χ1) is 15.8. The van der Waals surface area contributed by atoms with Gasteiger partial charge in [-0.15, -0.1) is 0 Å². The maximum Gasteiger partial charge on any atom is 0.296 e. The lowest BCUT2D eigenvalue weighted by Crippen LogP contribution is -2.53. The number of rotatable bonds is 6. The number of amides is 2. The van der Waals surface area contributed by atoms with E-state index in [4.69, 9.17) is 4.74 Å². The fraction of sp³-hybridized carbons (Fsp3) is 0.320. The summed E-state index contributed by atoms with van der Waals surface area (Å²) in [5.74, 6) is -1.90.